The lowest BCUT2D eigenvalue weighted by atomic mass is 10.00. The second-order valence-corrected chi connectivity index (χ2v) is 14.0. The molecule has 1 aromatic heterocycles. The predicted molar refractivity (Wildman–Crippen MR) is 182 cm³/mol. The van der Waals surface area contributed by atoms with Crippen molar-refractivity contribution in [3.05, 3.63) is 119 Å². The number of amides is 1. The number of halogens is 2. The van der Waals surface area contributed by atoms with Crippen LogP contribution in [0.25, 0.3) is 22.4 Å². The number of carbonyl (C=O) groups is 1. The molecule has 2 heterocycles. The maximum absolute atomic E-state index is 12.3. The molecule has 1 unspecified atom stereocenters. The first kappa shape index (κ1) is 31.1. The number of nitrogens with one attached hydrogen (secondary N) is 1. The summed E-state index contributed by atoms with van der Waals surface area (Å²) in [5, 5.41) is 0.397. The zero-order valence-corrected chi connectivity index (χ0v) is 27.2. The van der Waals surface area contributed by atoms with E-state index in [-0.39, 0.29) is 11.9 Å². The van der Waals surface area contributed by atoms with E-state index in [9.17, 15) is 13.2 Å². The third kappa shape index (κ3) is 7.03. The Morgan fingerprint density at radius 3 is 2.13 bits per heavy atom. The Morgan fingerprint density at radius 2 is 1.53 bits per heavy atom. The number of aromatic nitrogens is 2. The molecule has 1 fully saturated rings. The van der Waals surface area contributed by atoms with E-state index in [2.05, 4.69) is 55.5 Å². The monoisotopic (exact) mass is 660 g/mol. The number of allylic oxidation sites excluding steroid dienone is 4. The maximum Gasteiger partial charge on any atom is 0.326 e. The molecule has 6 rings (SSSR count). The van der Waals surface area contributed by atoms with Gasteiger partial charge >= 0.3 is 10.2 Å². The van der Waals surface area contributed by atoms with Crippen molar-refractivity contribution < 1.29 is 13.2 Å². The lowest BCUT2D eigenvalue weighted by molar-refractivity contribution is -0.117. The Bertz CT molecular complexity index is 1860. The van der Waals surface area contributed by atoms with Gasteiger partial charge in [-0.3, -0.25) is 4.79 Å². The summed E-state index contributed by atoms with van der Waals surface area (Å²) >= 11 is 12.9. The fourth-order valence-electron chi connectivity index (χ4n) is 5.68. The smallest absolute Gasteiger partial charge is 0.303 e. The second-order valence-electron chi connectivity index (χ2n) is 11.4. The van der Waals surface area contributed by atoms with E-state index in [1.807, 2.05) is 39.8 Å². The van der Waals surface area contributed by atoms with Crippen LogP contribution in [0, 0.1) is 0 Å². The number of alkyl halides is 1. The number of hydrogen-bond acceptors (Lipinski definition) is 4. The molecule has 7 nitrogen and oxygen atoms in total. The van der Waals surface area contributed by atoms with Crippen LogP contribution in [0.2, 0.25) is 0 Å². The minimum Gasteiger partial charge on any atom is -0.303 e. The van der Waals surface area contributed by atoms with Gasteiger partial charge in [-0.2, -0.15) is 8.42 Å². The van der Waals surface area contributed by atoms with Crippen LogP contribution in [0.5, 0.6) is 0 Å². The number of aryl methyl sites for hydroxylation is 1. The normalized spacial score (nSPS) is 17.6. The van der Waals surface area contributed by atoms with Gasteiger partial charge in [0.05, 0.1) is 16.8 Å². The minimum absolute atomic E-state index is 0.247. The molecule has 2 aliphatic rings. The third-order valence-corrected chi connectivity index (χ3v) is 10.2. The van der Waals surface area contributed by atoms with Gasteiger partial charge in [0.25, 0.3) is 5.91 Å². The Kier molecular flexibility index (Phi) is 9.17. The van der Waals surface area contributed by atoms with Crippen molar-refractivity contribution >= 4 is 50.6 Å². The highest BCUT2D eigenvalue weighted by molar-refractivity contribution is 7.92. The van der Waals surface area contributed by atoms with E-state index in [1.54, 1.807) is 12.1 Å². The van der Waals surface area contributed by atoms with Gasteiger partial charge in [-0.1, -0.05) is 86.0 Å². The van der Waals surface area contributed by atoms with Gasteiger partial charge in [0.2, 0.25) is 0 Å². The summed E-state index contributed by atoms with van der Waals surface area (Å²) in [7, 11) is -3.89. The number of rotatable bonds is 10. The average molecular weight is 662 g/mol. The average Bonchev–Trinajstić information content (AvgIpc) is 3.56. The van der Waals surface area contributed by atoms with Crippen LogP contribution in [0.15, 0.2) is 96.2 Å². The Hall–Kier alpha value is -3.85. The van der Waals surface area contributed by atoms with Crippen LogP contribution < -0.4 is 9.03 Å². The predicted octanol–water partition coefficient (Wildman–Crippen LogP) is 7.56. The Morgan fingerprint density at radius 1 is 0.889 bits per heavy atom. The number of imidazole rings is 1. The summed E-state index contributed by atoms with van der Waals surface area (Å²) < 4.78 is 29.7. The molecule has 4 aromatic rings. The fraction of sp³-hybridized carbons (Fsp3) is 0.257. The summed E-state index contributed by atoms with van der Waals surface area (Å²) in [5.74, 6) is 0.245. The molecule has 1 atom stereocenters. The van der Waals surface area contributed by atoms with Gasteiger partial charge in [0.15, 0.2) is 0 Å². The van der Waals surface area contributed by atoms with Crippen molar-refractivity contribution in [2.45, 2.75) is 50.8 Å². The minimum atomic E-state index is -3.89. The first-order valence-electron chi connectivity index (χ1n) is 15.1. The van der Waals surface area contributed by atoms with Crippen LogP contribution in [-0.4, -0.2) is 35.8 Å². The number of unbranched alkanes of at least 4 members (excludes halogenated alkanes) is 2. The van der Waals surface area contributed by atoms with Crippen LogP contribution >= 0.6 is 23.2 Å². The molecule has 232 valence electrons. The lowest BCUT2D eigenvalue weighted by Gasteiger charge is -2.16. The first-order chi connectivity index (χ1) is 21.7. The zero-order chi connectivity index (χ0) is 31.6. The Labute approximate surface area is 274 Å². The SMILES string of the molecule is CCCCCc1ccc(-c2ccc(Cc3nc(C4=CC=C(Cl)CC4Cl)cn3-c3ccc(N4CC(=O)NS4(=O)=O)cc3)cc2)cc1. The van der Waals surface area contributed by atoms with E-state index in [0.29, 0.717) is 23.6 Å². The van der Waals surface area contributed by atoms with Gasteiger partial charge in [0.1, 0.15) is 12.4 Å². The standard InChI is InChI=1S/C35H34Cl2N4O3S/c1-2-3-4-5-24-6-10-26(11-7-24)27-12-8-25(9-13-27)20-34-38-33(31-19-14-28(36)21-32(31)37)22-40(34)29-15-17-30(18-16-29)41-23-35(42)39-45(41,43)44/h6-19,22,32H,2-5,20-21,23H2,1H3,(H,39,42). The highest BCUT2D eigenvalue weighted by atomic mass is 35.5. The van der Waals surface area contributed by atoms with E-state index >= 15 is 0 Å². The maximum atomic E-state index is 12.3. The summed E-state index contributed by atoms with van der Waals surface area (Å²) in [6.45, 7) is 1.98. The molecule has 1 aliphatic carbocycles. The zero-order valence-electron chi connectivity index (χ0n) is 24.9. The van der Waals surface area contributed by atoms with Gasteiger partial charge < -0.3 is 4.57 Å². The van der Waals surface area contributed by atoms with E-state index in [1.165, 1.54) is 30.4 Å². The molecule has 0 bridgehead atoms. The van der Waals surface area contributed by atoms with E-state index < -0.39 is 16.1 Å². The van der Waals surface area contributed by atoms with Crippen LogP contribution in [0.4, 0.5) is 5.69 Å². The van der Waals surface area contributed by atoms with Gasteiger partial charge in [0, 0.05) is 29.8 Å². The van der Waals surface area contributed by atoms with Crippen LogP contribution in [0.3, 0.4) is 0 Å². The highest BCUT2D eigenvalue weighted by Gasteiger charge is 2.34. The second kappa shape index (κ2) is 13.3. The molecule has 0 radical (unpaired) electrons. The molecule has 0 saturated carbocycles. The Balaban J connectivity index is 1.27. The summed E-state index contributed by atoms with van der Waals surface area (Å²) in [6, 6.07) is 24.4. The van der Waals surface area contributed by atoms with Gasteiger partial charge in [-0.05, 0) is 71.0 Å². The molecule has 45 heavy (non-hydrogen) atoms. The third-order valence-electron chi connectivity index (χ3n) is 8.14. The van der Waals surface area contributed by atoms with Crippen molar-refractivity contribution in [3.8, 4) is 16.8 Å². The van der Waals surface area contributed by atoms with E-state index in [4.69, 9.17) is 28.2 Å². The van der Waals surface area contributed by atoms with Crippen LogP contribution in [0.1, 0.15) is 55.3 Å². The highest BCUT2D eigenvalue weighted by Crippen LogP contribution is 2.34. The molecular weight excluding hydrogens is 627 g/mol. The topological polar surface area (TPSA) is 84.3 Å². The number of anilines is 1. The summed E-state index contributed by atoms with van der Waals surface area (Å²) in [6.07, 6.45) is 11.6. The van der Waals surface area contributed by atoms with E-state index in [0.717, 1.165) is 44.6 Å². The summed E-state index contributed by atoms with van der Waals surface area (Å²) in [5.41, 5.74) is 7.66. The molecule has 3 aromatic carbocycles. The number of nitrogens with zero attached hydrogens (tertiary/aromatic N) is 3. The molecule has 0 spiro atoms. The van der Waals surface area contributed by atoms with Crippen molar-refractivity contribution in [3.63, 3.8) is 0 Å². The first-order valence-corrected chi connectivity index (χ1v) is 17.4. The lowest BCUT2D eigenvalue weighted by Crippen LogP contribution is -2.29. The van der Waals surface area contributed by atoms with Crippen molar-refractivity contribution in [2.24, 2.45) is 0 Å². The summed E-state index contributed by atoms with van der Waals surface area (Å²) in [4.78, 5) is 16.7. The van der Waals surface area contributed by atoms with Crippen LogP contribution in [-0.2, 0) is 27.8 Å². The molecule has 1 saturated heterocycles. The molecular formula is C35H34Cl2N4O3S. The van der Waals surface area contributed by atoms with Gasteiger partial charge in [-0.25, -0.2) is 14.0 Å². The van der Waals surface area contributed by atoms with Gasteiger partial charge in [-0.15, -0.1) is 11.6 Å². The molecule has 1 N–H and O–H groups in total. The molecule has 10 heteroatoms. The number of benzene rings is 3. The van der Waals surface area contributed by atoms with Crippen molar-refractivity contribution in [1.82, 2.24) is 14.3 Å². The quantitative estimate of drug-likeness (QED) is 0.141. The number of carbonyl (C=O) groups excluding carboxylic acids is 1. The fourth-order valence-corrected chi connectivity index (χ4v) is 7.48. The largest absolute Gasteiger partial charge is 0.326 e. The van der Waals surface area contributed by atoms with Crippen molar-refractivity contribution in [2.75, 3.05) is 10.8 Å². The number of hydrogen-bond donors (Lipinski definition) is 1. The van der Waals surface area contributed by atoms with Crippen molar-refractivity contribution in [1.29, 1.82) is 0 Å². The molecule has 1 amide bonds. The molecule has 1 aliphatic heterocycles.